The fourth-order valence-corrected chi connectivity index (χ4v) is 2.77. The number of rotatable bonds is 2. The van der Waals surface area contributed by atoms with Crippen LogP contribution in [0.25, 0.3) is 21.5 Å². The number of hydrogen-bond acceptors (Lipinski definition) is 3. The Kier molecular flexibility index (Phi) is 2.79. The zero-order valence-corrected chi connectivity index (χ0v) is 10.5. The molecule has 0 saturated carbocycles. The van der Waals surface area contributed by atoms with Crippen LogP contribution >= 0.6 is 22.9 Å². The van der Waals surface area contributed by atoms with Crippen molar-refractivity contribution >= 4 is 33.7 Å². The molecule has 0 aliphatic carbocycles. The van der Waals surface area contributed by atoms with Crippen LogP contribution in [-0.2, 0) is 5.88 Å². The quantitative estimate of drug-likeness (QED) is 0.649. The van der Waals surface area contributed by atoms with Gasteiger partial charge in [-0.1, -0.05) is 24.3 Å². The van der Waals surface area contributed by atoms with Gasteiger partial charge in [0.25, 0.3) is 0 Å². The smallest absolute Gasteiger partial charge is 0.142 e. The highest BCUT2D eigenvalue weighted by atomic mass is 35.5. The molecule has 17 heavy (non-hydrogen) atoms. The molecule has 0 unspecified atom stereocenters. The van der Waals surface area contributed by atoms with Crippen LogP contribution in [0.1, 0.15) is 4.88 Å². The number of benzene rings is 1. The maximum atomic E-state index is 5.80. The van der Waals surface area contributed by atoms with Crippen molar-refractivity contribution in [3.05, 3.63) is 47.6 Å². The maximum Gasteiger partial charge on any atom is 0.142 e. The Balaban J connectivity index is 2.23. The zero-order chi connectivity index (χ0) is 11.7. The molecule has 0 radical (unpaired) electrons. The Labute approximate surface area is 108 Å². The fraction of sp³-hybridized carbons (Fsp3) is 0.0769. The number of aromatic nitrogens is 2. The van der Waals surface area contributed by atoms with Crippen LogP contribution in [0.2, 0.25) is 0 Å². The van der Waals surface area contributed by atoms with Gasteiger partial charge < -0.3 is 0 Å². The van der Waals surface area contributed by atoms with Crippen LogP contribution in [0.3, 0.4) is 0 Å². The van der Waals surface area contributed by atoms with Crippen molar-refractivity contribution in [2.24, 2.45) is 0 Å². The number of hydrogen-bond donors (Lipinski definition) is 0. The first kappa shape index (κ1) is 10.7. The van der Waals surface area contributed by atoms with Gasteiger partial charge in [-0.3, -0.25) is 4.98 Å². The average Bonchev–Trinajstić information content (AvgIpc) is 2.87. The summed E-state index contributed by atoms with van der Waals surface area (Å²) < 4.78 is 0. The maximum absolute atomic E-state index is 5.80. The van der Waals surface area contributed by atoms with E-state index in [-0.39, 0.29) is 0 Å². The van der Waals surface area contributed by atoms with Gasteiger partial charge in [0.1, 0.15) is 10.7 Å². The molecule has 3 aromatic rings. The Hall–Kier alpha value is -1.45. The lowest BCUT2D eigenvalue weighted by Gasteiger charge is -2.01. The van der Waals surface area contributed by atoms with Crippen LogP contribution in [0.4, 0.5) is 0 Å². The number of fused-ring (bicyclic) bond motifs is 1. The van der Waals surface area contributed by atoms with Crippen LogP contribution in [-0.4, -0.2) is 9.97 Å². The molecule has 2 nitrogen and oxygen atoms in total. The largest absolute Gasteiger partial charge is 0.253 e. The monoisotopic (exact) mass is 260 g/mol. The molecule has 3 rings (SSSR count). The van der Waals surface area contributed by atoms with Gasteiger partial charge in [-0.2, -0.15) is 0 Å². The summed E-state index contributed by atoms with van der Waals surface area (Å²) >= 11 is 7.39. The van der Waals surface area contributed by atoms with E-state index in [1.165, 1.54) is 5.39 Å². The summed E-state index contributed by atoms with van der Waals surface area (Å²) in [7, 11) is 0. The van der Waals surface area contributed by atoms with E-state index in [4.69, 9.17) is 11.6 Å². The molecule has 0 amide bonds. The zero-order valence-electron chi connectivity index (χ0n) is 8.93. The third kappa shape index (κ3) is 1.92. The minimum absolute atomic E-state index is 0.502. The van der Waals surface area contributed by atoms with Crippen molar-refractivity contribution in [1.82, 2.24) is 9.97 Å². The van der Waals surface area contributed by atoms with Crippen LogP contribution in [0.15, 0.2) is 42.7 Å². The predicted octanol–water partition coefficient (Wildman–Crippen LogP) is 4.10. The topological polar surface area (TPSA) is 25.8 Å². The number of nitrogens with zero attached hydrogens (tertiary/aromatic N) is 2. The van der Waals surface area contributed by atoms with Gasteiger partial charge in [-0.05, 0) is 11.5 Å². The molecule has 0 bridgehead atoms. The summed E-state index contributed by atoms with van der Waals surface area (Å²) in [5, 5.41) is 3.24. The van der Waals surface area contributed by atoms with Gasteiger partial charge >= 0.3 is 0 Å². The van der Waals surface area contributed by atoms with E-state index in [0.717, 1.165) is 21.0 Å². The summed E-state index contributed by atoms with van der Waals surface area (Å²) in [6.07, 6.45) is 3.63. The number of thiazole rings is 1. The highest BCUT2D eigenvalue weighted by Crippen LogP contribution is 2.29. The molecule has 1 aromatic carbocycles. The van der Waals surface area contributed by atoms with E-state index in [1.54, 1.807) is 11.3 Å². The van der Waals surface area contributed by atoms with Gasteiger partial charge in [-0.25, -0.2) is 4.98 Å². The molecular weight excluding hydrogens is 252 g/mol. The predicted molar refractivity (Wildman–Crippen MR) is 72.4 cm³/mol. The summed E-state index contributed by atoms with van der Waals surface area (Å²) in [6.45, 7) is 0. The highest BCUT2D eigenvalue weighted by molar-refractivity contribution is 7.15. The number of pyridine rings is 1. The van der Waals surface area contributed by atoms with Crippen molar-refractivity contribution in [3.63, 3.8) is 0 Å². The standard InChI is InChI=1S/C13H9ClN2S/c14-7-10-8-16-13(17-10)12-11-4-2-1-3-9(11)5-6-15-12/h1-6,8H,7H2. The first-order chi connectivity index (χ1) is 8.38. The van der Waals surface area contributed by atoms with Crippen LogP contribution in [0, 0.1) is 0 Å². The molecule has 0 N–H and O–H groups in total. The molecule has 0 fully saturated rings. The first-order valence-electron chi connectivity index (χ1n) is 5.23. The van der Waals surface area contributed by atoms with Gasteiger partial charge in [0, 0.05) is 22.7 Å². The Morgan fingerprint density at radius 3 is 2.82 bits per heavy atom. The van der Waals surface area contributed by atoms with Gasteiger partial charge in [0.2, 0.25) is 0 Å². The molecule has 0 spiro atoms. The number of halogens is 1. The number of alkyl halides is 1. The van der Waals surface area contributed by atoms with Gasteiger partial charge in [0.05, 0.1) is 5.88 Å². The van der Waals surface area contributed by atoms with Crippen molar-refractivity contribution in [2.45, 2.75) is 5.88 Å². The lowest BCUT2D eigenvalue weighted by molar-refractivity contribution is 1.30. The van der Waals surface area contributed by atoms with E-state index >= 15 is 0 Å². The molecule has 84 valence electrons. The molecule has 4 heteroatoms. The summed E-state index contributed by atoms with van der Waals surface area (Å²) in [5.41, 5.74) is 0.935. The minimum atomic E-state index is 0.502. The van der Waals surface area contributed by atoms with Crippen molar-refractivity contribution in [1.29, 1.82) is 0 Å². The van der Waals surface area contributed by atoms with E-state index in [1.807, 2.05) is 30.6 Å². The van der Waals surface area contributed by atoms with Crippen molar-refractivity contribution < 1.29 is 0 Å². The SMILES string of the molecule is ClCc1cnc(-c2nccc3ccccc23)s1. The van der Waals surface area contributed by atoms with Gasteiger partial charge in [-0.15, -0.1) is 22.9 Å². The molecule has 2 heterocycles. The molecular formula is C13H9ClN2S. The summed E-state index contributed by atoms with van der Waals surface area (Å²) in [5.74, 6) is 0.502. The van der Waals surface area contributed by atoms with E-state index < -0.39 is 0 Å². The third-order valence-corrected chi connectivity index (χ3v) is 4.01. The molecule has 0 aliphatic rings. The van der Waals surface area contributed by atoms with Crippen LogP contribution < -0.4 is 0 Å². The molecule has 0 atom stereocenters. The fourth-order valence-electron chi connectivity index (χ4n) is 1.77. The second-order valence-electron chi connectivity index (χ2n) is 3.65. The van der Waals surface area contributed by atoms with Crippen molar-refractivity contribution in [2.75, 3.05) is 0 Å². The summed E-state index contributed by atoms with van der Waals surface area (Å²) in [4.78, 5) is 9.87. The molecule has 0 saturated heterocycles. The molecule has 2 aromatic heterocycles. The van der Waals surface area contributed by atoms with E-state index in [2.05, 4.69) is 22.1 Å². The molecule has 0 aliphatic heterocycles. The van der Waals surface area contributed by atoms with E-state index in [0.29, 0.717) is 5.88 Å². The Morgan fingerprint density at radius 1 is 1.12 bits per heavy atom. The van der Waals surface area contributed by atoms with E-state index in [9.17, 15) is 0 Å². The van der Waals surface area contributed by atoms with Crippen LogP contribution in [0.5, 0.6) is 0 Å². The summed E-state index contributed by atoms with van der Waals surface area (Å²) in [6, 6.07) is 10.2. The first-order valence-corrected chi connectivity index (χ1v) is 6.58. The van der Waals surface area contributed by atoms with Gasteiger partial charge in [0.15, 0.2) is 0 Å². The Bertz CT molecular complexity index is 658. The normalized spacial score (nSPS) is 10.9. The minimum Gasteiger partial charge on any atom is -0.253 e. The third-order valence-electron chi connectivity index (χ3n) is 2.56. The average molecular weight is 261 g/mol. The highest BCUT2D eigenvalue weighted by Gasteiger charge is 2.08. The second kappa shape index (κ2) is 4.43. The Morgan fingerprint density at radius 2 is 2.00 bits per heavy atom. The van der Waals surface area contributed by atoms with Crippen molar-refractivity contribution in [3.8, 4) is 10.7 Å². The lowest BCUT2D eigenvalue weighted by atomic mass is 10.1. The second-order valence-corrected chi connectivity index (χ2v) is 5.03. The lowest BCUT2D eigenvalue weighted by Crippen LogP contribution is -1.84.